The van der Waals surface area contributed by atoms with Crippen molar-refractivity contribution >= 4 is 28.5 Å². The van der Waals surface area contributed by atoms with E-state index in [1.807, 2.05) is 36.1 Å². The molecule has 0 aliphatic carbocycles. The van der Waals surface area contributed by atoms with Crippen LogP contribution < -0.4 is 0 Å². The van der Waals surface area contributed by atoms with Crippen LogP contribution in [-0.4, -0.2) is 34.6 Å². The summed E-state index contributed by atoms with van der Waals surface area (Å²) in [6, 6.07) is 7.64. The van der Waals surface area contributed by atoms with Crippen LogP contribution in [0.2, 0.25) is 0 Å². The lowest BCUT2D eigenvalue weighted by Crippen LogP contribution is -2.33. The first-order chi connectivity index (χ1) is 8.49. The maximum atomic E-state index is 12.4. The Labute approximate surface area is 121 Å². The summed E-state index contributed by atoms with van der Waals surface area (Å²) < 4.78 is 0.983. The van der Waals surface area contributed by atoms with E-state index in [1.165, 1.54) is 0 Å². The molecule has 2 rings (SSSR count). The van der Waals surface area contributed by atoms with Crippen LogP contribution in [0.15, 0.2) is 24.3 Å². The molecule has 1 aromatic carbocycles. The summed E-state index contributed by atoms with van der Waals surface area (Å²) in [7, 11) is 0. The fourth-order valence-corrected chi connectivity index (χ4v) is 2.89. The van der Waals surface area contributed by atoms with Gasteiger partial charge in [0, 0.05) is 16.7 Å². The van der Waals surface area contributed by atoms with Crippen LogP contribution in [0.25, 0.3) is 0 Å². The van der Waals surface area contributed by atoms with Crippen LogP contribution in [0.3, 0.4) is 0 Å². The van der Waals surface area contributed by atoms with E-state index in [9.17, 15) is 9.90 Å². The maximum Gasteiger partial charge on any atom is 0.254 e. The number of carbonyl (C=O) groups excluding carboxylic acids is 1. The highest BCUT2D eigenvalue weighted by molar-refractivity contribution is 14.1. The van der Waals surface area contributed by atoms with Gasteiger partial charge in [0.05, 0.1) is 11.2 Å². The molecule has 1 aromatic rings. The highest BCUT2D eigenvalue weighted by atomic mass is 127. The number of halogens is 1. The van der Waals surface area contributed by atoms with Crippen molar-refractivity contribution in [1.82, 2.24) is 4.90 Å². The number of hydrogen-bond acceptors (Lipinski definition) is 2. The first-order valence-electron chi connectivity index (χ1n) is 6.26. The molecule has 0 aromatic heterocycles. The summed E-state index contributed by atoms with van der Waals surface area (Å²) >= 11 is 2.19. The minimum absolute atomic E-state index is 0.0812. The van der Waals surface area contributed by atoms with E-state index >= 15 is 0 Å². The first kappa shape index (κ1) is 13.8. The van der Waals surface area contributed by atoms with Crippen molar-refractivity contribution in [2.45, 2.75) is 31.8 Å². The zero-order chi connectivity index (χ0) is 13.2. The summed E-state index contributed by atoms with van der Waals surface area (Å²) in [6.45, 7) is 3.23. The predicted octanol–water partition coefficient (Wildman–Crippen LogP) is 2.67. The van der Waals surface area contributed by atoms with E-state index < -0.39 is 5.60 Å². The Hall–Kier alpha value is -0.620. The molecule has 1 unspecified atom stereocenters. The summed E-state index contributed by atoms with van der Waals surface area (Å²) in [5.74, 6) is 0.0812. The molecule has 1 N–H and O–H groups in total. The number of rotatable bonds is 1. The molecule has 0 spiro atoms. The van der Waals surface area contributed by atoms with Gasteiger partial charge in [0.2, 0.25) is 0 Å². The highest BCUT2D eigenvalue weighted by Crippen LogP contribution is 2.23. The molecule has 1 fully saturated rings. The van der Waals surface area contributed by atoms with Gasteiger partial charge in [-0.25, -0.2) is 0 Å². The van der Waals surface area contributed by atoms with Crippen LogP contribution in [-0.2, 0) is 0 Å². The fraction of sp³-hybridized carbons (Fsp3) is 0.500. The SMILES string of the molecule is CC1(O)CCCN(C(=O)c2ccccc2I)CC1. The molecule has 98 valence electrons. The van der Waals surface area contributed by atoms with Gasteiger partial charge in [-0.3, -0.25) is 4.79 Å². The Morgan fingerprint density at radius 3 is 2.78 bits per heavy atom. The lowest BCUT2D eigenvalue weighted by Gasteiger charge is -2.23. The second-order valence-electron chi connectivity index (χ2n) is 5.12. The number of likely N-dealkylation sites (tertiary alicyclic amines) is 1. The number of nitrogens with zero attached hydrogens (tertiary/aromatic N) is 1. The second kappa shape index (κ2) is 5.57. The third kappa shape index (κ3) is 3.23. The number of amides is 1. The lowest BCUT2D eigenvalue weighted by atomic mass is 9.98. The van der Waals surface area contributed by atoms with Gasteiger partial charge in [0.25, 0.3) is 5.91 Å². The maximum absolute atomic E-state index is 12.4. The Balaban J connectivity index is 2.13. The van der Waals surface area contributed by atoms with E-state index in [-0.39, 0.29) is 5.91 Å². The zero-order valence-electron chi connectivity index (χ0n) is 10.5. The molecule has 1 atom stereocenters. The third-order valence-electron chi connectivity index (χ3n) is 3.46. The number of benzene rings is 1. The monoisotopic (exact) mass is 359 g/mol. The first-order valence-corrected chi connectivity index (χ1v) is 7.34. The van der Waals surface area contributed by atoms with E-state index in [0.29, 0.717) is 13.0 Å². The Kier molecular flexibility index (Phi) is 4.27. The molecule has 1 saturated heterocycles. The number of hydrogen-bond donors (Lipinski definition) is 1. The molecule has 1 heterocycles. The Morgan fingerprint density at radius 1 is 1.33 bits per heavy atom. The third-order valence-corrected chi connectivity index (χ3v) is 4.40. The Morgan fingerprint density at radius 2 is 2.06 bits per heavy atom. The molecule has 0 saturated carbocycles. The minimum Gasteiger partial charge on any atom is -0.390 e. The zero-order valence-corrected chi connectivity index (χ0v) is 12.7. The lowest BCUT2D eigenvalue weighted by molar-refractivity contribution is 0.0438. The van der Waals surface area contributed by atoms with Gasteiger partial charge >= 0.3 is 0 Å². The quantitative estimate of drug-likeness (QED) is 0.784. The van der Waals surface area contributed by atoms with Crippen molar-refractivity contribution < 1.29 is 9.90 Å². The smallest absolute Gasteiger partial charge is 0.254 e. The van der Waals surface area contributed by atoms with Gasteiger partial charge in [-0.05, 0) is 60.9 Å². The van der Waals surface area contributed by atoms with Crippen LogP contribution in [0.1, 0.15) is 36.5 Å². The molecule has 0 bridgehead atoms. The van der Waals surface area contributed by atoms with Crippen molar-refractivity contribution in [3.63, 3.8) is 0 Å². The molecule has 18 heavy (non-hydrogen) atoms. The molecule has 4 heteroatoms. The predicted molar refractivity (Wildman–Crippen MR) is 79.5 cm³/mol. The van der Waals surface area contributed by atoms with E-state index in [2.05, 4.69) is 22.6 Å². The van der Waals surface area contributed by atoms with Gasteiger partial charge < -0.3 is 10.0 Å². The number of aliphatic hydroxyl groups is 1. The van der Waals surface area contributed by atoms with Gasteiger partial charge in [0.15, 0.2) is 0 Å². The summed E-state index contributed by atoms with van der Waals surface area (Å²) in [4.78, 5) is 14.3. The molecule has 1 amide bonds. The molecular weight excluding hydrogens is 341 g/mol. The van der Waals surface area contributed by atoms with Crippen molar-refractivity contribution in [1.29, 1.82) is 0 Å². The van der Waals surface area contributed by atoms with Crippen molar-refractivity contribution in [2.75, 3.05) is 13.1 Å². The van der Waals surface area contributed by atoms with Crippen molar-refractivity contribution in [3.05, 3.63) is 33.4 Å². The minimum atomic E-state index is -0.626. The van der Waals surface area contributed by atoms with Crippen LogP contribution >= 0.6 is 22.6 Å². The van der Waals surface area contributed by atoms with Crippen LogP contribution in [0.5, 0.6) is 0 Å². The van der Waals surface area contributed by atoms with Gasteiger partial charge in [-0.1, -0.05) is 12.1 Å². The van der Waals surface area contributed by atoms with Gasteiger partial charge in [0.1, 0.15) is 0 Å². The molecule has 1 aliphatic rings. The van der Waals surface area contributed by atoms with E-state index in [1.54, 1.807) is 0 Å². The fourth-order valence-electron chi connectivity index (χ4n) is 2.27. The number of carbonyl (C=O) groups is 1. The molecule has 0 radical (unpaired) electrons. The second-order valence-corrected chi connectivity index (χ2v) is 6.28. The van der Waals surface area contributed by atoms with Crippen LogP contribution in [0, 0.1) is 3.57 Å². The van der Waals surface area contributed by atoms with Crippen LogP contribution in [0.4, 0.5) is 0 Å². The Bertz CT molecular complexity index is 445. The van der Waals surface area contributed by atoms with E-state index in [0.717, 1.165) is 28.5 Å². The largest absolute Gasteiger partial charge is 0.390 e. The summed E-state index contributed by atoms with van der Waals surface area (Å²) in [6.07, 6.45) is 2.28. The van der Waals surface area contributed by atoms with Gasteiger partial charge in [-0.2, -0.15) is 0 Å². The molecule has 1 aliphatic heterocycles. The van der Waals surface area contributed by atoms with Crippen molar-refractivity contribution in [2.24, 2.45) is 0 Å². The normalized spacial score (nSPS) is 24.7. The summed E-state index contributed by atoms with van der Waals surface area (Å²) in [5.41, 5.74) is 0.137. The molecular formula is C14H18INO2. The topological polar surface area (TPSA) is 40.5 Å². The van der Waals surface area contributed by atoms with Crippen molar-refractivity contribution in [3.8, 4) is 0 Å². The average molecular weight is 359 g/mol. The van der Waals surface area contributed by atoms with Gasteiger partial charge in [-0.15, -0.1) is 0 Å². The van der Waals surface area contributed by atoms with E-state index in [4.69, 9.17) is 0 Å². The molecule has 3 nitrogen and oxygen atoms in total. The summed E-state index contributed by atoms with van der Waals surface area (Å²) in [5, 5.41) is 10.0. The standard InChI is InChI=1S/C14H18INO2/c1-14(18)7-4-9-16(10-8-14)13(17)11-5-2-3-6-12(11)15/h2-3,5-6,18H,4,7-10H2,1H3. The average Bonchev–Trinajstić information content (AvgIpc) is 2.50. The highest BCUT2D eigenvalue weighted by Gasteiger charge is 2.27.